The summed E-state index contributed by atoms with van der Waals surface area (Å²) in [5, 5.41) is 10.6. The van der Waals surface area contributed by atoms with E-state index in [9.17, 15) is 63.1 Å². The van der Waals surface area contributed by atoms with Gasteiger partial charge in [0.2, 0.25) is 0 Å². The van der Waals surface area contributed by atoms with Crippen molar-refractivity contribution in [2.45, 2.75) is 188 Å². The molecule has 3 saturated heterocycles. The number of nitrogens with zero attached hydrogens (tertiary/aromatic N) is 2. The van der Waals surface area contributed by atoms with Crippen molar-refractivity contribution in [2.75, 3.05) is 83.4 Å². The minimum absolute atomic E-state index is 0.0146. The number of cyclic esters (lactones) is 1. The molecule has 9 aromatic rings. The second kappa shape index (κ2) is 51.2. The molecule has 9 aromatic carbocycles. The number of nitriles is 1. The van der Waals surface area contributed by atoms with Gasteiger partial charge in [0.25, 0.3) is 11.2 Å². The molecule has 0 spiro atoms. The third-order valence-electron chi connectivity index (χ3n) is 21.4. The van der Waals surface area contributed by atoms with Crippen LogP contribution in [0.5, 0.6) is 5.75 Å². The molecule has 0 aromatic heterocycles. The van der Waals surface area contributed by atoms with Crippen molar-refractivity contribution >= 4 is 94.2 Å². The lowest BCUT2D eigenvalue weighted by Crippen LogP contribution is -2.48. The Morgan fingerprint density at radius 2 is 0.969 bits per heavy atom. The summed E-state index contributed by atoms with van der Waals surface area (Å²) in [6.45, 7) is 15.6. The number of hydrogen-bond acceptors (Lipinski definition) is 15. The topological polar surface area (TPSA) is 222 Å². The molecule has 28 heteroatoms. The van der Waals surface area contributed by atoms with Gasteiger partial charge in [-0.15, -0.1) is 0 Å². The predicted molar refractivity (Wildman–Crippen MR) is 488 cm³/mol. The fourth-order valence-corrected chi connectivity index (χ4v) is 24.3. The molecule has 5 unspecified atom stereocenters. The van der Waals surface area contributed by atoms with Crippen LogP contribution in [0.4, 0.5) is 30.7 Å². The van der Waals surface area contributed by atoms with Crippen molar-refractivity contribution in [2.24, 2.45) is 29.1 Å². The Kier molecular flexibility index (Phi) is 41.5. The molecule has 4 saturated carbocycles. The molecule has 0 radical (unpaired) electrons. The maximum absolute atomic E-state index is 13.2. The highest BCUT2D eigenvalue weighted by molar-refractivity contribution is 7.98. The van der Waals surface area contributed by atoms with E-state index >= 15 is 0 Å². The van der Waals surface area contributed by atoms with E-state index in [4.69, 9.17) is 19.5 Å². The molecule has 7 aliphatic rings. The number of carbonyl (C=O) groups excluding carboxylic acids is 5. The largest absolute Gasteiger partial charge is 0.549 e. The van der Waals surface area contributed by atoms with Gasteiger partial charge in [-0.1, -0.05) is 106 Å². The maximum Gasteiger partial charge on any atom is 0.358 e. The molecule has 4 bridgehead atoms. The van der Waals surface area contributed by atoms with Crippen molar-refractivity contribution in [3.8, 4) is 11.8 Å². The Balaban J connectivity index is 0.000000181. The summed E-state index contributed by atoms with van der Waals surface area (Å²) < 4.78 is 147. The lowest BCUT2D eigenvalue weighted by Gasteiger charge is -2.56. The van der Waals surface area contributed by atoms with Crippen LogP contribution in [0, 0.1) is 57.9 Å². The van der Waals surface area contributed by atoms with E-state index in [-0.39, 0.29) is 65.0 Å². The number of halogens is 7. The Morgan fingerprint density at radius 3 is 1.36 bits per heavy atom. The van der Waals surface area contributed by atoms with Crippen LogP contribution in [0.2, 0.25) is 0 Å². The smallest absolute Gasteiger partial charge is 0.358 e. The molecule has 4 aliphatic carbocycles. The van der Waals surface area contributed by atoms with Gasteiger partial charge in [0.1, 0.15) is 68.9 Å². The first-order valence-electron chi connectivity index (χ1n) is 42.4. The second-order valence-corrected chi connectivity index (χ2v) is 42.5. The van der Waals surface area contributed by atoms with E-state index in [0.29, 0.717) is 41.4 Å². The number of benzene rings is 9. The molecule has 0 amide bonds. The van der Waals surface area contributed by atoms with E-state index in [2.05, 4.69) is 196 Å². The Bertz CT molecular complexity index is 4810. The van der Waals surface area contributed by atoms with Crippen LogP contribution >= 0.6 is 0 Å². The van der Waals surface area contributed by atoms with Gasteiger partial charge in [-0.2, -0.15) is 12.3 Å². The SMILES string of the molecule is CC(C)(C)c1ccc([S+]2CCCCC2)cc1.CC(F)C(=O)OCC12CC3CC(CC(C3)C1)C2.CC(F)C(=O)OCC1CCOC1=O.CCOC(=O)C(C)(F)C#N.CCOC(=O)C(F)S(=O)(=O)[N-]C.COc1ccc([S+]2CCOCC2)c2ccccc12.Fc1ccc([S+](c2ccc(F)cc2)c2ccc(F)cc2)cc1.c1ccc([S+](c2ccccc2)c2ccccc2)cc1. The highest BCUT2D eigenvalue weighted by Crippen LogP contribution is 2.60. The van der Waals surface area contributed by atoms with Crippen molar-refractivity contribution < 1.29 is 96.3 Å². The van der Waals surface area contributed by atoms with Crippen LogP contribution in [0.1, 0.15) is 125 Å². The predicted octanol–water partition coefficient (Wildman–Crippen LogP) is 21.5. The van der Waals surface area contributed by atoms with E-state index in [1.54, 1.807) is 55.3 Å². The average Bonchev–Trinajstić information content (AvgIpc) is 1.01. The molecule has 127 heavy (non-hydrogen) atoms. The minimum Gasteiger partial charge on any atom is -0.549 e. The molecular weight excluding hydrogens is 1730 g/mol. The first kappa shape index (κ1) is 103. The number of methoxy groups -OCH3 is 1. The summed E-state index contributed by atoms with van der Waals surface area (Å²) in [6.07, 6.45) is 9.48. The van der Waals surface area contributed by atoms with E-state index in [0.717, 1.165) is 83.8 Å². The summed E-state index contributed by atoms with van der Waals surface area (Å²) in [4.78, 5) is 63.5. The number of fused-ring (bicyclic) bond motifs is 1. The van der Waals surface area contributed by atoms with Gasteiger partial charge in [0.15, 0.2) is 51.5 Å². The quantitative estimate of drug-likeness (QED) is 0.0282. The van der Waals surface area contributed by atoms with Crippen LogP contribution in [-0.4, -0.2) is 145 Å². The zero-order valence-electron chi connectivity index (χ0n) is 73.5. The molecule has 3 heterocycles. The zero-order chi connectivity index (χ0) is 92.3. The first-order chi connectivity index (χ1) is 60.7. The molecule has 3 aliphatic heterocycles. The lowest BCUT2D eigenvalue weighted by molar-refractivity contribution is -0.160. The normalized spacial score (nSPS) is 19.1. The van der Waals surface area contributed by atoms with Gasteiger partial charge in [0.05, 0.1) is 74.5 Å². The Labute approximate surface area is 754 Å². The molecular formula is C99H116F7N2O14S5+3. The molecule has 0 N–H and O–H groups in total. The summed E-state index contributed by atoms with van der Waals surface area (Å²) in [7, 11) is -1.38. The monoisotopic (exact) mass is 1850 g/mol. The molecule has 682 valence electrons. The van der Waals surface area contributed by atoms with Gasteiger partial charge < -0.3 is 37.9 Å². The van der Waals surface area contributed by atoms with Crippen LogP contribution in [-0.2, 0) is 111 Å². The van der Waals surface area contributed by atoms with Crippen LogP contribution in [0.15, 0.2) is 264 Å². The van der Waals surface area contributed by atoms with E-state index in [1.165, 1.54) is 162 Å². The number of esters is 5. The Morgan fingerprint density at radius 1 is 0.543 bits per heavy atom. The van der Waals surface area contributed by atoms with Crippen molar-refractivity contribution in [3.05, 3.63) is 252 Å². The first-order valence-corrected chi connectivity index (χ1v) is 49.5. The number of sulfonamides is 1. The van der Waals surface area contributed by atoms with Gasteiger partial charge in [0, 0.05) is 38.0 Å². The maximum atomic E-state index is 13.2. The summed E-state index contributed by atoms with van der Waals surface area (Å²) >= 11 is 0. The highest BCUT2D eigenvalue weighted by atomic mass is 32.2. The number of ether oxygens (including phenoxy) is 7. The second-order valence-electron chi connectivity index (χ2n) is 32.1. The standard InChI is InChI=1S/C18H12F3S.C18H15S.C15H17O2S.C15H23S.C14H21FO2.C8H11FO4.C6H8FNO2.C5H9FNO4S/c19-13-1-7-16(8-2-13)22(17-9-3-14(20)4-10-17)18-11-5-15(21)6-12-18;1-4-10-16(11-5-1)19(17-12-6-2-7-13-17)18-14-8-3-9-15-18;1-16-14-6-7-15(18-10-8-17-9-11-18)13-5-3-2-4-12(13)14;1-15(2,3)13-7-9-14(10-8-13)16-11-5-4-6-12-16;1-9(15)13(16)17-8-14-5-10-2-11(6-14)4-12(3-10)7-14;1-5(9)7(10)13-4-6-2-3-12-8(6)11;1-3-10-5(9)6(2,7)4-8;1-3-11-5(8)4(6)12(9,10)7-2/h1-12H;1-15H;2-7H,8-11H2,1H3;7-10H,4-6,11-12H2,1-3H3;9-12H,2-8H2,1H3;5-6H,2-4H2,1H3;3H2,1-2H3;4H,3H2,1-2H3/q4*+1;;;;-1. The van der Waals surface area contributed by atoms with E-state index < -0.39 is 74.2 Å². The number of alkyl halides is 4. The van der Waals surface area contributed by atoms with Crippen molar-refractivity contribution in [3.63, 3.8) is 0 Å². The van der Waals surface area contributed by atoms with Crippen molar-refractivity contribution in [1.82, 2.24) is 0 Å². The van der Waals surface area contributed by atoms with Crippen LogP contribution in [0.25, 0.3) is 15.5 Å². The van der Waals surface area contributed by atoms with Gasteiger partial charge in [-0.25, -0.2) is 58.3 Å². The minimum atomic E-state index is -4.34. The number of hydrogen-bond donors (Lipinski definition) is 0. The van der Waals surface area contributed by atoms with Crippen molar-refractivity contribution in [1.29, 1.82) is 5.26 Å². The Hall–Kier alpha value is -9.34. The molecule has 16 nitrogen and oxygen atoms in total. The summed E-state index contributed by atoms with van der Waals surface area (Å²) in [6, 6.07) is 74.1. The molecule has 7 fully saturated rings. The highest BCUT2D eigenvalue weighted by Gasteiger charge is 2.52. The van der Waals surface area contributed by atoms with Gasteiger partial charge in [-0.3, -0.25) is 4.79 Å². The van der Waals surface area contributed by atoms with Gasteiger partial charge >= 0.3 is 29.8 Å². The summed E-state index contributed by atoms with van der Waals surface area (Å²) in [5.74, 6) is 2.76. The average molecular weight is 1850 g/mol. The van der Waals surface area contributed by atoms with Crippen LogP contribution in [0.3, 0.4) is 0 Å². The van der Waals surface area contributed by atoms with Gasteiger partial charge in [-0.05, 0) is 267 Å². The third-order valence-corrected chi connectivity index (χ3v) is 31.9. The van der Waals surface area contributed by atoms with E-state index in [1.807, 2.05) is 0 Å². The number of rotatable bonds is 21. The number of carbonyl (C=O) groups is 5. The summed E-state index contributed by atoms with van der Waals surface area (Å²) in [5.41, 5.74) is -3.26. The third kappa shape index (κ3) is 32.1. The lowest BCUT2D eigenvalue weighted by atomic mass is 9.50. The van der Waals surface area contributed by atoms with Crippen LogP contribution < -0.4 is 4.74 Å². The fraction of sp³-hybridized carbons (Fsp3) is 0.414. The molecule has 5 atom stereocenters. The zero-order valence-corrected chi connectivity index (χ0v) is 77.6. The molecule has 16 rings (SSSR count). The fourth-order valence-electron chi connectivity index (χ4n) is 15.4.